The number of nitrogens with one attached hydrogen (secondary N) is 2. The van der Waals surface area contributed by atoms with Crippen molar-refractivity contribution < 1.29 is 0 Å². The third kappa shape index (κ3) is 3.54. The monoisotopic (exact) mass is 277 g/mol. The Bertz CT molecular complexity index is 710. The fraction of sp³-hybridized carbons (Fsp3) is 0.0625. The Morgan fingerprint density at radius 2 is 1.33 bits per heavy atom. The molecule has 0 unspecified atom stereocenters. The summed E-state index contributed by atoms with van der Waals surface area (Å²) in [6.07, 6.45) is 4.99. The van der Waals surface area contributed by atoms with Crippen LogP contribution in [0.25, 0.3) is 0 Å². The molecule has 1 aromatic carbocycles. The number of aryl methyl sites for hydroxylation is 1. The van der Waals surface area contributed by atoms with Gasteiger partial charge in [-0.3, -0.25) is 4.98 Å². The van der Waals surface area contributed by atoms with Crippen molar-refractivity contribution in [1.29, 1.82) is 0 Å². The SMILES string of the molecule is Cc1ccc(Nc2cc(Nc3ccncc3)ncn2)cc1. The molecule has 0 saturated heterocycles. The molecule has 21 heavy (non-hydrogen) atoms. The van der Waals surface area contributed by atoms with Crippen molar-refractivity contribution >= 4 is 23.0 Å². The molecule has 0 saturated carbocycles. The average molecular weight is 277 g/mol. The summed E-state index contributed by atoms with van der Waals surface area (Å²) >= 11 is 0. The van der Waals surface area contributed by atoms with E-state index in [0.717, 1.165) is 23.0 Å². The minimum Gasteiger partial charge on any atom is -0.340 e. The molecule has 0 amide bonds. The summed E-state index contributed by atoms with van der Waals surface area (Å²) in [5.74, 6) is 1.47. The van der Waals surface area contributed by atoms with E-state index in [4.69, 9.17) is 0 Å². The zero-order chi connectivity index (χ0) is 14.5. The Morgan fingerprint density at radius 1 is 0.762 bits per heavy atom. The highest BCUT2D eigenvalue weighted by molar-refractivity contribution is 5.62. The van der Waals surface area contributed by atoms with E-state index in [9.17, 15) is 0 Å². The first-order chi connectivity index (χ1) is 10.3. The molecule has 5 nitrogen and oxygen atoms in total. The molecule has 0 aliphatic heterocycles. The molecular formula is C16H15N5. The van der Waals surface area contributed by atoms with E-state index in [-0.39, 0.29) is 0 Å². The summed E-state index contributed by atoms with van der Waals surface area (Å²) in [5.41, 5.74) is 3.16. The van der Waals surface area contributed by atoms with Gasteiger partial charge in [-0.05, 0) is 31.2 Å². The average Bonchev–Trinajstić information content (AvgIpc) is 2.51. The molecule has 0 fully saturated rings. The Hall–Kier alpha value is -2.95. The minimum absolute atomic E-state index is 0.728. The summed E-state index contributed by atoms with van der Waals surface area (Å²) in [6, 6.07) is 13.8. The molecule has 5 heteroatoms. The highest BCUT2D eigenvalue weighted by atomic mass is 15.1. The van der Waals surface area contributed by atoms with Crippen LogP contribution in [0.5, 0.6) is 0 Å². The van der Waals surface area contributed by atoms with Gasteiger partial charge in [0, 0.05) is 29.8 Å². The van der Waals surface area contributed by atoms with Crippen LogP contribution in [0.3, 0.4) is 0 Å². The van der Waals surface area contributed by atoms with Crippen molar-refractivity contribution in [3.05, 3.63) is 66.7 Å². The van der Waals surface area contributed by atoms with Gasteiger partial charge in [0.05, 0.1) is 0 Å². The number of hydrogen-bond donors (Lipinski definition) is 2. The molecule has 3 aromatic rings. The lowest BCUT2D eigenvalue weighted by molar-refractivity contribution is 1.16. The maximum absolute atomic E-state index is 4.22. The Morgan fingerprint density at radius 3 is 1.95 bits per heavy atom. The van der Waals surface area contributed by atoms with Crippen molar-refractivity contribution in [1.82, 2.24) is 15.0 Å². The lowest BCUT2D eigenvalue weighted by Gasteiger charge is -2.08. The van der Waals surface area contributed by atoms with Crippen LogP contribution in [0, 0.1) is 6.92 Å². The molecule has 2 aromatic heterocycles. The van der Waals surface area contributed by atoms with Crippen molar-refractivity contribution in [3.8, 4) is 0 Å². The van der Waals surface area contributed by atoms with Crippen molar-refractivity contribution in [2.24, 2.45) is 0 Å². The zero-order valence-corrected chi connectivity index (χ0v) is 11.6. The fourth-order valence-corrected chi connectivity index (χ4v) is 1.86. The van der Waals surface area contributed by atoms with E-state index in [2.05, 4.69) is 44.6 Å². The van der Waals surface area contributed by atoms with Crippen LogP contribution in [0.15, 0.2) is 61.2 Å². The standard InChI is InChI=1S/C16H15N5/c1-12-2-4-13(5-3-12)20-15-10-16(19-11-18-15)21-14-6-8-17-9-7-14/h2-11H,1H3,(H2,17,18,19,20,21). The first-order valence-electron chi connectivity index (χ1n) is 6.62. The van der Waals surface area contributed by atoms with Gasteiger partial charge in [-0.25, -0.2) is 9.97 Å². The lowest BCUT2D eigenvalue weighted by atomic mass is 10.2. The van der Waals surface area contributed by atoms with Gasteiger partial charge in [0.25, 0.3) is 0 Å². The zero-order valence-electron chi connectivity index (χ0n) is 11.6. The molecule has 2 N–H and O–H groups in total. The summed E-state index contributed by atoms with van der Waals surface area (Å²) in [7, 11) is 0. The maximum atomic E-state index is 4.22. The normalized spacial score (nSPS) is 10.1. The van der Waals surface area contributed by atoms with Gasteiger partial charge >= 0.3 is 0 Å². The van der Waals surface area contributed by atoms with Crippen molar-refractivity contribution in [2.75, 3.05) is 10.6 Å². The van der Waals surface area contributed by atoms with E-state index in [0.29, 0.717) is 0 Å². The summed E-state index contributed by atoms with van der Waals surface area (Å²) in [5, 5.41) is 6.46. The van der Waals surface area contributed by atoms with Crippen molar-refractivity contribution in [3.63, 3.8) is 0 Å². The molecular weight excluding hydrogens is 262 g/mol. The van der Waals surface area contributed by atoms with Crippen LogP contribution in [0.1, 0.15) is 5.56 Å². The first-order valence-corrected chi connectivity index (χ1v) is 6.62. The van der Waals surface area contributed by atoms with Crippen LogP contribution in [0.4, 0.5) is 23.0 Å². The van der Waals surface area contributed by atoms with Gasteiger partial charge in [-0.1, -0.05) is 17.7 Å². The molecule has 0 bridgehead atoms. The van der Waals surface area contributed by atoms with Gasteiger partial charge in [0.15, 0.2) is 0 Å². The lowest BCUT2D eigenvalue weighted by Crippen LogP contribution is -1.98. The molecule has 2 heterocycles. The second-order valence-electron chi connectivity index (χ2n) is 4.64. The summed E-state index contributed by atoms with van der Waals surface area (Å²) < 4.78 is 0. The maximum Gasteiger partial charge on any atom is 0.135 e. The van der Waals surface area contributed by atoms with E-state index >= 15 is 0 Å². The minimum atomic E-state index is 0.728. The molecule has 3 rings (SSSR count). The quantitative estimate of drug-likeness (QED) is 0.762. The van der Waals surface area contributed by atoms with Gasteiger partial charge in [-0.15, -0.1) is 0 Å². The predicted molar refractivity (Wildman–Crippen MR) is 84.0 cm³/mol. The summed E-state index contributed by atoms with van der Waals surface area (Å²) in [6.45, 7) is 2.06. The smallest absolute Gasteiger partial charge is 0.135 e. The molecule has 0 aliphatic rings. The van der Waals surface area contributed by atoms with Crippen LogP contribution in [-0.2, 0) is 0 Å². The molecule has 104 valence electrons. The Labute approximate surface area is 123 Å². The van der Waals surface area contributed by atoms with E-state index < -0.39 is 0 Å². The molecule has 0 radical (unpaired) electrons. The highest BCUT2D eigenvalue weighted by Gasteiger charge is 2.00. The number of anilines is 4. The first kappa shape index (κ1) is 13.1. The van der Waals surface area contributed by atoms with E-state index in [1.54, 1.807) is 12.4 Å². The molecule has 0 atom stereocenters. The molecule has 0 spiro atoms. The fourth-order valence-electron chi connectivity index (χ4n) is 1.86. The van der Waals surface area contributed by atoms with Crippen molar-refractivity contribution in [2.45, 2.75) is 6.92 Å². The second-order valence-corrected chi connectivity index (χ2v) is 4.64. The second kappa shape index (κ2) is 6.00. The Kier molecular flexibility index (Phi) is 3.73. The van der Waals surface area contributed by atoms with Gasteiger partial charge in [0.1, 0.15) is 18.0 Å². The number of hydrogen-bond acceptors (Lipinski definition) is 5. The molecule has 0 aliphatic carbocycles. The van der Waals surface area contributed by atoms with E-state index in [1.807, 2.05) is 30.3 Å². The number of pyridine rings is 1. The van der Waals surface area contributed by atoms with Gasteiger partial charge < -0.3 is 10.6 Å². The van der Waals surface area contributed by atoms with Crippen LogP contribution >= 0.6 is 0 Å². The topological polar surface area (TPSA) is 62.7 Å². The largest absolute Gasteiger partial charge is 0.340 e. The Balaban J connectivity index is 1.75. The third-order valence-electron chi connectivity index (χ3n) is 2.94. The van der Waals surface area contributed by atoms with Crippen LogP contribution in [0.2, 0.25) is 0 Å². The van der Waals surface area contributed by atoms with Gasteiger partial charge in [-0.2, -0.15) is 0 Å². The van der Waals surface area contributed by atoms with Gasteiger partial charge in [0.2, 0.25) is 0 Å². The number of benzene rings is 1. The number of nitrogens with zero attached hydrogens (tertiary/aromatic N) is 3. The predicted octanol–water partition coefficient (Wildman–Crippen LogP) is 3.67. The van der Waals surface area contributed by atoms with Crippen LogP contribution < -0.4 is 10.6 Å². The number of aromatic nitrogens is 3. The van der Waals surface area contributed by atoms with E-state index in [1.165, 1.54) is 11.9 Å². The third-order valence-corrected chi connectivity index (χ3v) is 2.94. The highest BCUT2D eigenvalue weighted by Crippen LogP contribution is 2.19. The van der Waals surface area contributed by atoms with Crippen LogP contribution in [-0.4, -0.2) is 15.0 Å². The number of rotatable bonds is 4. The summed E-state index contributed by atoms with van der Waals surface area (Å²) in [4.78, 5) is 12.4.